The van der Waals surface area contributed by atoms with E-state index in [1.807, 2.05) is 0 Å². The summed E-state index contributed by atoms with van der Waals surface area (Å²) in [5, 5.41) is 4.62. The molecular formula is C16H22BrN3. The maximum Gasteiger partial charge on any atom is 0.0766 e. The van der Waals surface area contributed by atoms with Crippen LogP contribution in [0.15, 0.2) is 28.7 Å². The van der Waals surface area contributed by atoms with Crippen LogP contribution in [0, 0.1) is 6.92 Å². The minimum atomic E-state index is -0.00129. The fourth-order valence-corrected chi connectivity index (χ4v) is 3.08. The number of rotatable bonds is 5. The van der Waals surface area contributed by atoms with Gasteiger partial charge in [0.05, 0.1) is 15.9 Å². The summed E-state index contributed by atoms with van der Waals surface area (Å²) in [5.41, 5.74) is 11.1. The molecule has 2 N–H and O–H groups in total. The Labute approximate surface area is 129 Å². The summed E-state index contributed by atoms with van der Waals surface area (Å²) in [6.07, 6.45) is 1.73. The molecule has 4 heteroatoms. The largest absolute Gasteiger partial charge is 0.324 e. The van der Waals surface area contributed by atoms with Crippen LogP contribution in [0.5, 0.6) is 0 Å². The Bertz CT molecular complexity index is 572. The molecule has 1 atom stereocenters. The lowest BCUT2D eigenvalue weighted by atomic mass is 10.0. The average Bonchev–Trinajstić information content (AvgIpc) is 2.76. The minimum Gasteiger partial charge on any atom is -0.324 e. The second-order valence-corrected chi connectivity index (χ2v) is 5.89. The number of benzene rings is 1. The smallest absolute Gasteiger partial charge is 0.0766 e. The first-order valence-corrected chi connectivity index (χ1v) is 7.92. The lowest BCUT2D eigenvalue weighted by Crippen LogP contribution is -2.16. The van der Waals surface area contributed by atoms with E-state index < -0.39 is 0 Å². The summed E-state index contributed by atoms with van der Waals surface area (Å²) >= 11 is 3.68. The summed E-state index contributed by atoms with van der Waals surface area (Å²) < 4.78 is 3.17. The number of halogens is 1. The molecule has 0 saturated carbocycles. The standard InChI is InChI=1S/C16H22BrN3/c1-4-14-16(17)15(20(5-2)19-14)10-13(18)12-8-6-11(3)7-9-12/h6-9,13H,4-5,10,18H2,1-3H3. The zero-order valence-corrected chi connectivity index (χ0v) is 13.9. The number of hydrogen-bond donors (Lipinski definition) is 1. The predicted molar refractivity (Wildman–Crippen MR) is 86.8 cm³/mol. The van der Waals surface area contributed by atoms with Crippen molar-refractivity contribution >= 4 is 15.9 Å². The topological polar surface area (TPSA) is 43.8 Å². The van der Waals surface area contributed by atoms with Crippen molar-refractivity contribution in [1.82, 2.24) is 9.78 Å². The van der Waals surface area contributed by atoms with Crippen LogP contribution in [0.4, 0.5) is 0 Å². The highest BCUT2D eigenvalue weighted by Crippen LogP contribution is 2.26. The molecule has 0 saturated heterocycles. The summed E-state index contributed by atoms with van der Waals surface area (Å²) in [6.45, 7) is 7.19. The molecule has 2 aromatic rings. The quantitative estimate of drug-likeness (QED) is 0.903. The fourth-order valence-electron chi connectivity index (χ4n) is 2.35. The van der Waals surface area contributed by atoms with Gasteiger partial charge in [0.2, 0.25) is 0 Å². The van der Waals surface area contributed by atoms with Crippen molar-refractivity contribution in [3.8, 4) is 0 Å². The molecular weight excluding hydrogens is 314 g/mol. The Kier molecular flexibility index (Phi) is 5.00. The SMILES string of the molecule is CCc1nn(CC)c(CC(N)c2ccc(C)cc2)c1Br. The molecule has 0 aliphatic heterocycles. The molecule has 0 spiro atoms. The number of aromatic nitrogens is 2. The van der Waals surface area contributed by atoms with Crippen molar-refractivity contribution in [1.29, 1.82) is 0 Å². The second kappa shape index (κ2) is 6.55. The second-order valence-electron chi connectivity index (χ2n) is 5.10. The van der Waals surface area contributed by atoms with Crippen LogP contribution in [0.1, 0.15) is 42.4 Å². The van der Waals surface area contributed by atoms with Gasteiger partial charge in [-0.15, -0.1) is 0 Å². The van der Waals surface area contributed by atoms with E-state index >= 15 is 0 Å². The zero-order chi connectivity index (χ0) is 14.7. The Hall–Kier alpha value is -1.13. The third-order valence-electron chi connectivity index (χ3n) is 3.61. The van der Waals surface area contributed by atoms with Gasteiger partial charge >= 0.3 is 0 Å². The highest BCUT2D eigenvalue weighted by Gasteiger charge is 2.17. The molecule has 0 bridgehead atoms. The molecule has 0 fully saturated rings. The van der Waals surface area contributed by atoms with Crippen LogP contribution >= 0.6 is 15.9 Å². The molecule has 0 radical (unpaired) electrons. The van der Waals surface area contributed by atoms with Gasteiger partial charge in [-0.25, -0.2) is 0 Å². The van der Waals surface area contributed by atoms with Crippen molar-refractivity contribution in [2.45, 2.75) is 46.2 Å². The molecule has 1 heterocycles. The lowest BCUT2D eigenvalue weighted by molar-refractivity contribution is 0.584. The molecule has 2 rings (SSSR count). The summed E-state index contributed by atoms with van der Waals surface area (Å²) in [6, 6.07) is 8.44. The monoisotopic (exact) mass is 335 g/mol. The van der Waals surface area contributed by atoms with E-state index in [-0.39, 0.29) is 6.04 Å². The first-order valence-electron chi connectivity index (χ1n) is 7.13. The number of nitrogens with zero attached hydrogens (tertiary/aromatic N) is 2. The summed E-state index contributed by atoms with van der Waals surface area (Å²) in [7, 11) is 0. The normalized spacial score (nSPS) is 12.7. The summed E-state index contributed by atoms with van der Waals surface area (Å²) in [4.78, 5) is 0. The Balaban J connectivity index is 2.25. The average molecular weight is 336 g/mol. The van der Waals surface area contributed by atoms with Crippen LogP contribution in [0.3, 0.4) is 0 Å². The van der Waals surface area contributed by atoms with Gasteiger partial charge in [0.15, 0.2) is 0 Å². The number of aryl methyl sites for hydroxylation is 3. The van der Waals surface area contributed by atoms with Gasteiger partial charge in [-0.2, -0.15) is 5.10 Å². The highest BCUT2D eigenvalue weighted by molar-refractivity contribution is 9.10. The third kappa shape index (κ3) is 3.13. The fraction of sp³-hybridized carbons (Fsp3) is 0.438. The molecule has 3 nitrogen and oxygen atoms in total. The molecule has 0 aliphatic rings. The number of hydrogen-bond acceptors (Lipinski definition) is 2. The van der Waals surface area contributed by atoms with Gasteiger partial charge in [0.25, 0.3) is 0 Å². The van der Waals surface area contributed by atoms with Crippen molar-refractivity contribution < 1.29 is 0 Å². The van der Waals surface area contributed by atoms with Gasteiger partial charge in [-0.3, -0.25) is 4.68 Å². The van der Waals surface area contributed by atoms with Gasteiger partial charge in [0, 0.05) is 19.0 Å². The maximum atomic E-state index is 6.36. The minimum absolute atomic E-state index is 0.00129. The van der Waals surface area contributed by atoms with Crippen LogP contribution in [0.2, 0.25) is 0 Å². The van der Waals surface area contributed by atoms with E-state index in [0.29, 0.717) is 0 Å². The Morgan fingerprint density at radius 3 is 2.45 bits per heavy atom. The first kappa shape index (κ1) is 15.3. The van der Waals surface area contributed by atoms with Crippen LogP contribution < -0.4 is 5.73 Å². The predicted octanol–water partition coefficient (Wildman–Crippen LogP) is 3.78. The van der Waals surface area contributed by atoms with Crippen LogP contribution in [0.25, 0.3) is 0 Å². The molecule has 108 valence electrons. The molecule has 20 heavy (non-hydrogen) atoms. The van der Waals surface area contributed by atoms with Crippen molar-refractivity contribution in [2.24, 2.45) is 5.73 Å². The zero-order valence-electron chi connectivity index (χ0n) is 12.4. The molecule has 1 aromatic carbocycles. The molecule has 1 unspecified atom stereocenters. The summed E-state index contributed by atoms with van der Waals surface area (Å²) in [5.74, 6) is 0. The Morgan fingerprint density at radius 1 is 1.25 bits per heavy atom. The highest BCUT2D eigenvalue weighted by atomic mass is 79.9. The van der Waals surface area contributed by atoms with Crippen LogP contribution in [-0.2, 0) is 19.4 Å². The molecule has 0 aliphatic carbocycles. The lowest BCUT2D eigenvalue weighted by Gasteiger charge is -2.14. The van der Waals surface area contributed by atoms with Crippen LogP contribution in [-0.4, -0.2) is 9.78 Å². The molecule has 0 amide bonds. The molecule has 1 aromatic heterocycles. The van der Waals surface area contributed by atoms with E-state index in [1.165, 1.54) is 16.8 Å². The van der Waals surface area contributed by atoms with E-state index in [9.17, 15) is 0 Å². The number of nitrogens with two attached hydrogens (primary N) is 1. The van der Waals surface area contributed by atoms with Crippen molar-refractivity contribution in [3.05, 3.63) is 51.3 Å². The van der Waals surface area contributed by atoms with Crippen molar-refractivity contribution in [3.63, 3.8) is 0 Å². The van der Waals surface area contributed by atoms with E-state index in [4.69, 9.17) is 5.73 Å². The van der Waals surface area contributed by atoms with Gasteiger partial charge in [-0.05, 0) is 41.8 Å². The Morgan fingerprint density at radius 2 is 1.90 bits per heavy atom. The van der Waals surface area contributed by atoms with Crippen molar-refractivity contribution in [2.75, 3.05) is 0 Å². The first-order chi connectivity index (χ1) is 9.56. The third-order valence-corrected chi connectivity index (χ3v) is 4.53. The van der Waals surface area contributed by atoms with Gasteiger partial charge in [-0.1, -0.05) is 36.8 Å². The van der Waals surface area contributed by atoms with E-state index in [0.717, 1.165) is 29.6 Å². The van der Waals surface area contributed by atoms with Gasteiger partial charge in [0.1, 0.15) is 0 Å². The van der Waals surface area contributed by atoms with E-state index in [2.05, 4.69) is 70.7 Å². The maximum absolute atomic E-state index is 6.36. The van der Waals surface area contributed by atoms with Gasteiger partial charge < -0.3 is 5.73 Å². The van der Waals surface area contributed by atoms with E-state index in [1.54, 1.807) is 0 Å².